The molecule has 0 atom stereocenters. The highest BCUT2D eigenvalue weighted by molar-refractivity contribution is 7.98. The number of halogens is 1. The number of hydrogen-bond donors (Lipinski definition) is 0. The van der Waals surface area contributed by atoms with Crippen LogP contribution >= 0.6 is 23.4 Å². The van der Waals surface area contributed by atoms with Crippen LogP contribution in [-0.2, 0) is 7.05 Å². The number of nitrogens with zero attached hydrogens (tertiary/aromatic N) is 2. The number of aryl methyl sites for hydroxylation is 1. The summed E-state index contributed by atoms with van der Waals surface area (Å²) < 4.78 is 2.06. The molecule has 2 aromatic heterocycles. The van der Waals surface area contributed by atoms with Crippen LogP contribution in [0.15, 0.2) is 53.6 Å². The molecule has 0 unspecified atom stereocenters. The van der Waals surface area contributed by atoms with Gasteiger partial charge in [0.1, 0.15) is 12.2 Å². The third kappa shape index (κ3) is 3.16. The second kappa shape index (κ2) is 6.51. The van der Waals surface area contributed by atoms with Gasteiger partial charge in [0, 0.05) is 34.1 Å². The molecule has 2 nitrogen and oxygen atoms in total. The maximum Gasteiger partial charge on any atom is 0.204 e. The first kappa shape index (κ1) is 15.1. The van der Waals surface area contributed by atoms with Gasteiger partial charge in [-0.15, -0.1) is 11.8 Å². The van der Waals surface area contributed by atoms with Crippen molar-refractivity contribution < 1.29 is 4.57 Å². The molecule has 0 aliphatic carbocycles. The van der Waals surface area contributed by atoms with Gasteiger partial charge in [-0.05, 0) is 36.6 Å². The van der Waals surface area contributed by atoms with E-state index in [0.717, 1.165) is 22.2 Å². The van der Waals surface area contributed by atoms with Crippen LogP contribution in [0.25, 0.3) is 23.1 Å². The van der Waals surface area contributed by atoms with E-state index >= 15 is 0 Å². The van der Waals surface area contributed by atoms with Gasteiger partial charge in [-0.25, -0.2) is 9.55 Å². The third-order valence-electron chi connectivity index (χ3n) is 3.53. The molecule has 3 rings (SSSR count). The molecule has 0 aliphatic heterocycles. The topological polar surface area (TPSA) is 16.8 Å². The van der Waals surface area contributed by atoms with Crippen LogP contribution in [0.3, 0.4) is 0 Å². The number of aromatic nitrogens is 2. The smallest absolute Gasteiger partial charge is 0.204 e. The molecule has 0 radical (unpaired) electrons. The van der Waals surface area contributed by atoms with E-state index in [1.54, 1.807) is 11.8 Å². The Labute approximate surface area is 139 Å². The summed E-state index contributed by atoms with van der Waals surface area (Å²) in [5.74, 6) is 0. The van der Waals surface area contributed by atoms with Crippen molar-refractivity contribution in [3.63, 3.8) is 0 Å². The zero-order valence-electron chi connectivity index (χ0n) is 12.5. The van der Waals surface area contributed by atoms with Gasteiger partial charge in [-0.1, -0.05) is 17.7 Å². The second-order valence-corrected chi connectivity index (χ2v) is 6.23. The minimum atomic E-state index is 0.528. The highest BCUT2D eigenvalue weighted by Crippen LogP contribution is 2.25. The van der Waals surface area contributed by atoms with Crippen molar-refractivity contribution in [2.75, 3.05) is 6.26 Å². The number of thioether (sulfide) groups is 1. The fraction of sp³-hybridized carbons (Fsp3) is 0.111. The molecular formula is C18H16ClN2S+. The summed E-state index contributed by atoms with van der Waals surface area (Å²) in [6.45, 7) is 0. The molecular weight excluding hydrogens is 312 g/mol. The summed E-state index contributed by atoms with van der Waals surface area (Å²) in [4.78, 5) is 5.70. The molecule has 0 fully saturated rings. The Bertz CT molecular complexity index is 859. The van der Waals surface area contributed by atoms with Crippen LogP contribution in [-0.4, -0.2) is 11.2 Å². The molecule has 1 aromatic carbocycles. The van der Waals surface area contributed by atoms with Gasteiger partial charge in [0.25, 0.3) is 0 Å². The number of hydrogen-bond acceptors (Lipinski definition) is 2. The van der Waals surface area contributed by atoms with E-state index in [4.69, 9.17) is 11.6 Å². The molecule has 22 heavy (non-hydrogen) atoms. The highest BCUT2D eigenvalue weighted by atomic mass is 35.5. The summed E-state index contributed by atoms with van der Waals surface area (Å²) in [5, 5.41) is 1.62. The van der Waals surface area contributed by atoms with Crippen LogP contribution < -0.4 is 4.57 Å². The van der Waals surface area contributed by atoms with Crippen molar-refractivity contribution >= 4 is 46.4 Å². The van der Waals surface area contributed by atoms with Gasteiger partial charge in [0.2, 0.25) is 5.69 Å². The molecule has 2 heterocycles. The lowest BCUT2D eigenvalue weighted by atomic mass is 10.1. The molecule has 0 aliphatic rings. The maximum atomic E-state index is 6.33. The van der Waals surface area contributed by atoms with Gasteiger partial charge in [-0.3, -0.25) is 0 Å². The first-order valence-corrected chi connectivity index (χ1v) is 8.55. The molecule has 0 bridgehead atoms. The molecule has 0 spiro atoms. The predicted molar refractivity (Wildman–Crippen MR) is 95.1 cm³/mol. The van der Waals surface area contributed by atoms with Gasteiger partial charge in [-0.2, -0.15) is 0 Å². The Morgan fingerprint density at radius 3 is 2.77 bits per heavy atom. The Kier molecular flexibility index (Phi) is 4.46. The van der Waals surface area contributed by atoms with E-state index in [1.165, 1.54) is 4.90 Å². The lowest BCUT2D eigenvalue weighted by molar-refractivity contribution is -0.673. The quantitative estimate of drug-likeness (QED) is 0.397. The minimum absolute atomic E-state index is 0.528. The molecule has 0 saturated carbocycles. The number of pyridine rings is 2. The zero-order valence-corrected chi connectivity index (χ0v) is 14.0. The molecule has 0 N–H and O–H groups in total. The number of fused-ring (bicyclic) bond motifs is 1. The largest absolute Gasteiger partial charge is 0.235 e. The average molecular weight is 328 g/mol. The standard InChI is InChI=1S/C18H16ClN2S/c1-21-10-4-3-5-15(21)8-6-14-11-13-7-9-16(22-2)12-17(13)20-18(14)19/h3-12H,1-2H3/q+1. The summed E-state index contributed by atoms with van der Waals surface area (Å²) >= 11 is 8.03. The summed E-state index contributed by atoms with van der Waals surface area (Å²) in [5.41, 5.74) is 2.96. The Morgan fingerprint density at radius 2 is 2.00 bits per heavy atom. The van der Waals surface area contributed by atoms with Crippen molar-refractivity contribution in [3.8, 4) is 0 Å². The second-order valence-electron chi connectivity index (χ2n) is 5.00. The summed E-state index contributed by atoms with van der Waals surface area (Å²) in [6.07, 6.45) is 8.13. The van der Waals surface area contributed by atoms with Crippen molar-refractivity contribution in [1.82, 2.24) is 4.98 Å². The molecule has 0 amide bonds. The number of benzene rings is 1. The van der Waals surface area contributed by atoms with E-state index < -0.39 is 0 Å². The van der Waals surface area contributed by atoms with Crippen molar-refractivity contribution in [1.29, 1.82) is 0 Å². The highest BCUT2D eigenvalue weighted by Gasteiger charge is 2.05. The van der Waals surface area contributed by atoms with Gasteiger partial charge >= 0.3 is 0 Å². The first-order valence-electron chi connectivity index (χ1n) is 6.94. The Morgan fingerprint density at radius 1 is 1.14 bits per heavy atom. The van der Waals surface area contributed by atoms with Crippen LogP contribution in [0.1, 0.15) is 11.3 Å². The Hall–Kier alpha value is -1.84. The minimum Gasteiger partial charge on any atom is -0.235 e. The molecule has 3 aromatic rings. The van der Waals surface area contributed by atoms with Crippen molar-refractivity contribution in [2.45, 2.75) is 4.90 Å². The molecule has 110 valence electrons. The van der Waals surface area contributed by atoms with Crippen molar-refractivity contribution in [2.24, 2.45) is 7.05 Å². The van der Waals surface area contributed by atoms with Gasteiger partial charge in [0.05, 0.1) is 5.52 Å². The van der Waals surface area contributed by atoms with E-state index in [-0.39, 0.29) is 0 Å². The zero-order chi connectivity index (χ0) is 15.5. The summed E-state index contributed by atoms with van der Waals surface area (Å²) in [7, 11) is 2.02. The van der Waals surface area contributed by atoms with Crippen LogP contribution in [0.2, 0.25) is 5.15 Å². The fourth-order valence-electron chi connectivity index (χ4n) is 2.27. The maximum absolute atomic E-state index is 6.33. The van der Waals surface area contributed by atoms with E-state index in [2.05, 4.69) is 46.1 Å². The van der Waals surface area contributed by atoms with Gasteiger partial charge < -0.3 is 0 Å². The predicted octanol–water partition coefficient (Wildman–Crippen LogP) is 4.61. The monoisotopic (exact) mass is 327 g/mol. The normalized spacial score (nSPS) is 11.4. The Balaban J connectivity index is 2.01. The lowest BCUT2D eigenvalue weighted by Gasteiger charge is -2.04. The van der Waals surface area contributed by atoms with E-state index in [0.29, 0.717) is 5.15 Å². The molecule has 4 heteroatoms. The first-order chi connectivity index (χ1) is 10.7. The number of rotatable bonds is 3. The third-order valence-corrected chi connectivity index (χ3v) is 4.56. The molecule has 0 saturated heterocycles. The van der Waals surface area contributed by atoms with Crippen molar-refractivity contribution in [3.05, 3.63) is 65.1 Å². The van der Waals surface area contributed by atoms with Crippen LogP contribution in [0.4, 0.5) is 0 Å². The fourth-order valence-corrected chi connectivity index (χ4v) is 2.91. The van der Waals surface area contributed by atoms with Crippen LogP contribution in [0, 0.1) is 0 Å². The average Bonchev–Trinajstić information content (AvgIpc) is 2.53. The van der Waals surface area contributed by atoms with E-state index in [9.17, 15) is 0 Å². The summed E-state index contributed by atoms with van der Waals surface area (Å²) in [6, 6.07) is 14.4. The SMILES string of the molecule is CSc1ccc2cc(/C=C/c3cccc[n+]3C)c(Cl)nc2c1. The van der Waals surface area contributed by atoms with E-state index in [1.807, 2.05) is 37.5 Å². The lowest BCUT2D eigenvalue weighted by Crippen LogP contribution is -2.30. The van der Waals surface area contributed by atoms with Crippen LogP contribution in [0.5, 0.6) is 0 Å². The van der Waals surface area contributed by atoms with Gasteiger partial charge in [0.15, 0.2) is 6.20 Å².